The van der Waals surface area contributed by atoms with Crippen molar-refractivity contribution in [2.45, 2.75) is 72.0 Å². The smallest absolute Gasteiger partial charge is 0.243 e. The predicted molar refractivity (Wildman–Crippen MR) is 148 cm³/mol. The minimum absolute atomic E-state index is 0.00291. The standard InChI is InChI=1S/C28H41N3O5S/c1-7-22(4)29-28(33)26(8-2)30(20-23-14-10-9-13-21(23)3)27(32)17-12-18-31(37(6,34)35)24-15-11-16-25(19-24)36-5/h9-11,13-16,19,22,26H,7-8,12,17-18,20H2,1-6H3,(H,29,33)/t22-,26-/m1/s1. The van der Waals surface area contributed by atoms with Crippen LogP contribution in [0.3, 0.4) is 0 Å². The monoisotopic (exact) mass is 531 g/mol. The molecule has 0 radical (unpaired) electrons. The van der Waals surface area contributed by atoms with Gasteiger partial charge in [0.15, 0.2) is 0 Å². The third-order valence-corrected chi connectivity index (χ3v) is 7.68. The molecule has 0 unspecified atom stereocenters. The first kappa shape index (κ1) is 30.2. The van der Waals surface area contributed by atoms with Crippen LogP contribution in [0.1, 0.15) is 57.6 Å². The lowest BCUT2D eigenvalue weighted by Crippen LogP contribution is -2.50. The summed E-state index contributed by atoms with van der Waals surface area (Å²) in [6.07, 6.45) is 2.82. The van der Waals surface area contributed by atoms with Crippen molar-refractivity contribution >= 4 is 27.5 Å². The van der Waals surface area contributed by atoms with E-state index in [-0.39, 0.29) is 30.8 Å². The van der Waals surface area contributed by atoms with Crippen LogP contribution in [0.25, 0.3) is 0 Å². The number of carbonyl (C=O) groups is 2. The van der Waals surface area contributed by atoms with Gasteiger partial charge in [-0.15, -0.1) is 0 Å². The second kappa shape index (κ2) is 14.0. The Labute approximate surface area is 222 Å². The fourth-order valence-corrected chi connectivity index (χ4v) is 5.06. The first-order valence-corrected chi connectivity index (χ1v) is 14.6. The molecule has 2 aromatic rings. The number of hydrogen-bond donors (Lipinski definition) is 1. The SMILES string of the molecule is CC[C@@H](C)NC(=O)[C@@H](CC)N(Cc1ccccc1C)C(=O)CCCN(c1cccc(OC)c1)S(C)(=O)=O. The summed E-state index contributed by atoms with van der Waals surface area (Å²) < 4.78 is 31.6. The maximum absolute atomic E-state index is 13.5. The third kappa shape index (κ3) is 8.77. The summed E-state index contributed by atoms with van der Waals surface area (Å²) in [6, 6.07) is 14.0. The van der Waals surface area contributed by atoms with Crippen LogP contribution >= 0.6 is 0 Å². The van der Waals surface area contributed by atoms with Gasteiger partial charge in [0.1, 0.15) is 11.8 Å². The van der Waals surface area contributed by atoms with Crippen LogP contribution in [-0.4, -0.2) is 57.1 Å². The molecule has 2 amide bonds. The highest BCUT2D eigenvalue weighted by Gasteiger charge is 2.29. The summed E-state index contributed by atoms with van der Waals surface area (Å²) in [6.45, 7) is 8.26. The summed E-state index contributed by atoms with van der Waals surface area (Å²) in [4.78, 5) is 28.3. The summed E-state index contributed by atoms with van der Waals surface area (Å²) in [5.74, 6) is 0.186. The molecule has 0 saturated heterocycles. The van der Waals surface area contributed by atoms with Crippen LogP contribution in [0.4, 0.5) is 5.69 Å². The lowest BCUT2D eigenvalue weighted by atomic mass is 10.0. The van der Waals surface area contributed by atoms with Gasteiger partial charge in [-0.3, -0.25) is 13.9 Å². The topological polar surface area (TPSA) is 96.0 Å². The number of hydrogen-bond acceptors (Lipinski definition) is 5. The molecular weight excluding hydrogens is 490 g/mol. The van der Waals surface area contributed by atoms with E-state index >= 15 is 0 Å². The number of sulfonamides is 1. The Bertz CT molecular complexity index is 1150. The summed E-state index contributed by atoms with van der Waals surface area (Å²) >= 11 is 0. The lowest BCUT2D eigenvalue weighted by molar-refractivity contribution is -0.141. The minimum Gasteiger partial charge on any atom is -0.497 e. The molecule has 2 atom stereocenters. The number of aryl methyl sites for hydroxylation is 1. The Morgan fingerprint density at radius 1 is 1.05 bits per heavy atom. The van der Waals surface area contributed by atoms with Crippen LogP contribution in [0, 0.1) is 6.92 Å². The van der Waals surface area contributed by atoms with E-state index in [2.05, 4.69) is 5.32 Å². The fraction of sp³-hybridized carbons (Fsp3) is 0.500. The maximum atomic E-state index is 13.5. The van der Waals surface area contributed by atoms with Crippen molar-refractivity contribution in [3.8, 4) is 5.75 Å². The predicted octanol–water partition coefficient (Wildman–Crippen LogP) is 4.27. The Balaban J connectivity index is 2.24. The molecule has 8 nitrogen and oxygen atoms in total. The largest absolute Gasteiger partial charge is 0.497 e. The van der Waals surface area contributed by atoms with Gasteiger partial charge in [-0.2, -0.15) is 0 Å². The highest BCUT2D eigenvalue weighted by atomic mass is 32.2. The molecule has 0 heterocycles. The van der Waals surface area contributed by atoms with Crippen LogP contribution in [0.2, 0.25) is 0 Å². The van der Waals surface area contributed by atoms with E-state index in [0.717, 1.165) is 23.8 Å². The van der Waals surface area contributed by atoms with E-state index in [4.69, 9.17) is 4.74 Å². The van der Waals surface area contributed by atoms with Gasteiger partial charge in [-0.1, -0.05) is 44.2 Å². The molecule has 0 fully saturated rings. The summed E-state index contributed by atoms with van der Waals surface area (Å²) in [7, 11) is -2.06. The number of nitrogens with zero attached hydrogens (tertiary/aromatic N) is 2. The summed E-state index contributed by atoms with van der Waals surface area (Å²) in [5.41, 5.74) is 2.49. The molecule has 2 aromatic carbocycles. The van der Waals surface area contributed by atoms with Gasteiger partial charge in [0, 0.05) is 31.6 Å². The van der Waals surface area contributed by atoms with Gasteiger partial charge in [-0.05, 0) is 56.4 Å². The van der Waals surface area contributed by atoms with Crippen molar-refractivity contribution in [3.05, 3.63) is 59.7 Å². The average molecular weight is 532 g/mol. The molecule has 0 aliphatic heterocycles. The van der Waals surface area contributed by atoms with Gasteiger partial charge in [0.2, 0.25) is 21.8 Å². The molecule has 0 spiro atoms. The van der Waals surface area contributed by atoms with Gasteiger partial charge in [0.05, 0.1) is 19.1 Å². The van der Waals surface area contributed by atoms with Crippen molar-refractivity contribution < 1.29 is 22.7 Å². The van der Waals surface area contributed by atoms with Gasteiger partial charge in [-0.25, -0.2) is 8.42 Å². The van der Waals surface area contributed by atoms with Crippen LogP contribution in [0.15, 0.2) is 48.5 Å². The van der Waals surface area contributed by atoms with Gasteiger partial charge >= 0.3 is 0 Å². The van der Waals surface area contributed by atoms with Crippen molar-refractivity contribution in [2.75, 3.05) is 24.2 Å². The van der Waals surface area contributed by atoms with E-state index in [9.17, 15) is 18.0 Å². The molecule has 9 heteroatoms. The zero-order valence-corrected chi connectivity index (χ0v) is 23.7. The second-order valence-corrected chi connectivity index (χ2v) is 11.2. The van der Waals surface area contributed by atoms with Crippen molar-refractivity contribution in [1.82, 2.24) is 10.2 Å². The molecule has 37 heavy (non-hydrogen) atoms. The van der Waals surface area contributed by atoms with Crippen LogP contribution < -0.4 is 14.4 Å². The quantitative estimate of drug-likeness (QED) is 0.393. The highest BCUT2D eigenvalue weighted by molar-refractivity contribution is 7.92. The highest BCUT2D eigenvalue weighted by Crippen LogP contribution is 2.24. The number of rotatable bonds is 14. The van der Waals surface area contributed by atoms with Crippen LogP contribution in [0.5, 0.6) is 5.75 Å². The number of methoxy groups -OCH3 is 1. The minimum atomic E-state index is -3.58. The molecular formula is C28H41N3O5S. The molecule has 0 aliphatic rings. The lowest BCUT2D eigenvalue weighted by Gasteiger charge is -2.32. The first-order valence-electron chi connectivity index (χ1n) is 12.8. The number of carbonyl (C=O) groups excluding carboxylic acids is 2. The van der Waals surface area contributed by atoms with Crippen molar-refractivity contribution in [3.63, 3.8) is 0 Å². The molecule has 0 aromatic heterocycles. The molecule has 0 bridgehead atoms. The van der Waals surface area contributed by atoms with E-state index in [0.29, 0.717) is 30.8 Å². The number of benzene rings is 2. The second-order valence-electron chi connectivity index (χ2n) is 9.33. The molecule has 1 N–H and O–H groups in total. The van der Waals surface area contributed by atoms with Gasteiger partial charge < -0.3 is 15.0 Å². The Kier molecular flexibility index (Phi) is 11.4. The summed E-state index contributed by atoms with van der Waals surface area (Å²) in [5, 5.41) is 3.01. The Hall–Kier alpha value is -3.07. The Morgan fingerprint density at radius 3 is 2.35 bits per heavy atom. The van der Waals surface area contributed by atoms with E-state index in [1.54, 1.807) is 29.2 Å². The van der Waals surface area contributed by atoms with Crippen molar-refractivity contribution in [1.29, 1.82) is 0 Å². The molecule has 0 saturated carbocycles. The van der Waals surface area contributed by atoms with Crippen molar-refractivity contribution in [2.24, 2.45) is 0 Å². The van der Waals surface area contributed by atoms with E-state index < -0.39 is 16.1 Å². The number of anilines is 1. The zero-order chi connectivity index (χ0) is 27.6. The molecule has 2 rings (SSSR count). The average Bonchev–Trinajstić information content (AvgIpc) is 2.86. The molecule has 204 valence electrons. The third-order valence-electron chi connectivity index (χ3n) is 6.48. The zero-order valence-electron chi connectivity index (χ0n) is 22.9. The first-order chi connectivity index (χ1) is 17.5. The maximum Gasteiger partial charge on any atom is 0.243 e. The van der Waals surface area contributed by atoms with Crippen LogP contribution in [-0.2, 0) is 26.2 Å². The Morgan fingerprint density at radius 2 is 1.76 bits per heavy atom. The van der Waals surface area contributed by atoms with E-state index in [1.165, 1.54) is 11.4 Å². The fourth-order valence-electron chi connectivity index (χ4n) is 4.10. The van der Waals surface area contributed by atoms with E-state index in [1.807, 2.05) is 52.0 Å². The number of nitrogens with one attached hydrogen (secondary N) is 1. The van der Waals surface area contributed by atoms with Gasteiger partial charge in [0.25, 0.3) is 0 Å². The normalized spacial score (nSPS) is 12.9. The number of ether oxygens (including phenoxy) is 1. The number of amides is 2. The molecule has 0 aliphatic carbocycles.